The molecule has 1 aromatic carbocycles. The van der Waals surface area contributed by atoms with Crippen molar-refractivity contribution in [2.75, 3.05) is 7.05 Å². The fraction of sp³-hybridized carbons (Fsp3) is 0.267. The third-order valence-electron chi connectivity index (χ3n) is 3.13. The number of hydrogen-bond acceptors (Lipinski definition) is 2. The van der Waals surface area contributed by atoms with Gasteiger partial charge in [-0.05, 0) is 69.9 Å². The zero-order valence-electron chi connectivity index (χ0n) is 11.2. The topological polar surface area (TPSA) is 24.9 Å². The highest BCUT2D eigenvalue weighted by Gasteiger charge is 2.18. The summed E-state index contributed by atoms with van der Waals surface area (Å²) in [6.07, 6.45) is 1.83. The normalized spacial score (nSPS) is 12.5. The monoisotopic (exact) mass is 382 g/mol. The van der Waals surface area contributed by atoms with E-state index in [4.69, 9.17) is 0 Å². The van der Waals surface area contributed by atoms with Crippen LogP contribution in [0.3, 0.4) is 0 Å². The molecule has 0 bridgehead atoms. The summed E-state index contributed by atoms with van der Waals surface area (Å²) in [5, 5.41) is 3.35. The van der Waals surface area contributed by atoms with E-state index in [0.717, 1.165) is 14.6 Å². The van der Waals surface area contributed by atoms with Crippen molar-refractivity contribution < 1.29 is 0 Å². The second kappa shape index (κ2) is 6.16. The van der Waals surface area contributed by atoms with Gasteiger partial charge in [-0.3, -0.25) is 4.98 Å². The Bertz CT molecular complexity index is 545. The number of nitrogens with one attached hydrogen (secondary N) is 1. The van der Waals surface area contributed by atoms with Crippen LogP contribution in [0.1, 0.15) is 28.4 Å². The molecular formula is C15H16Br2N2. The summed E-state index contributed by atoms with van der Waals surface area (Å²) in [7, 11) is 1.96. The Morgan fingerprint density at radius 3 is 2.47 bits per heavy atom. The Hall–Kier alpha value is -0.710. The number of hydrogen-bond donors (Lipinski definition) is 1. The van der Waals surface area contributed by atoms with Gasteiger partial charge in [0.25, 0.3) is 0 Å². The van der Waals surface area contributed by atoms with Crippen LogP contribution in [0.15, 0.2) is 39.4 Å². The lowest BCUT2D eigenvalue weighted by atomic mass is 9.97. The predicted molar refractivity (Wildman–Crippen MR) is 86.5 cm³/mol. The highest BCUT2D eigenvalue weighted by molar-refractivity contribution is 9.11. The summed E-state index contributed by atoms with van der Waals surface area (Å²) in [6, 6.07) is 8.62. The molecule has 0 aliphatic heterocycles. The molecule has 2 rings (SSSR count). The highest BCUT2D eigenvalue weighted by atomic mass is 79.9. The first-order valence-electron chi connectivity index (χ1n) is 6.08. The first-order chi connectivity index (χ1) is 9.02. The lowest BCUT2D eigenvalue weighted by Crippen LogP contribution is -2.20. The summed E-state index contributed by atoms with van der Waals surface area (Å²) in [5.74, 6) is 0. The molecule has 1 atom stereocenters. The fourth-order valence-corrected chi connectivity index (χ4v) is 3.44. The van der Waals surface area contributed by atoms with Crippen LogP contribution >= 0.6 is 31.9 Å². The third-order valence-corrected chi connectivity index (χ3v) is 4.20. The van der Waals surface area contributed by atoms with Crippen LogP contribution in [0.4, 0.5) is 0 Å². The smallest absolute Gasteiger partial charge is 0.0763 e. The van der Waals surface area contributed by atoms with E-state index in [1.807, 2.05) is 19.3 Å². The number of nitrogens with zero attached hydrogens (tertiary/aromatic N) is 1. The summed E-state index contributed by atoms with van der Waals surface area (Å²) in [5.41, 5.74) is 4.80. The van der Waals surface area contributed by atoms with Crippen LogP contribution in [0.5, 0.6) is 0 Å². The lowest BCUT2D eigenvalue weighted by molar-refractivity contribution is 0.663. The van der Waals surface area contributed by atoms with Gasteiger partial charge >= 0.3 is 0 Å². The van der Waals surface area contributed by atoms with Gasteiger partial charge in [0.2, 0.25) is 0 Å². The van der Waals surface area contributed by atoms with E-state index in [1.165, 1.54) is 16.7 Å². The Morgan fingerprint density at radius 1 is 1.16 bits per heavy atom. The van der Waals surface area contributed by atoms with E-state index in [9.17, 15) is 0 Å². The second-order valence-electron chi connectivity index (χ2n) is 4.60. The Morgan fingerprint density at radius 2 is 1.89 bits per heavy atom. The molecule has 2 nitrogen and oxygen atoms in total. The molecule has 0 spiro atoms. The molecule has 1 unspecified atom stereocenters. The number of aromatic nitrogens is 1. The van der Waals surface area contributed by atoms with Gasteiger partial charge in [-0.2, -0.15) is 0 Å². The maximum absolute atomic E-state index is 4.53. The molecule has 1 heterocycles. The minimum atomic E-state index is 0.0862. The minimum Gasteiger partial charge on any atom is -0.308 e. The van der Waals surface area contributed by atoms with Crippen LogP contribution in [-0.4, -0.2) is 12.0 Å². The van der Waals surface area contributed by atoms with Crippen molar-refractivity contribution in [3.05, 3.63) is 61.8 Å². The zero-order valence-corrected chi connectivity index (χ0v) is 14.3. The molecule has 0 amide bonds. The van der Waals surface area contributed by atoms with Gasteiger partial charge in [0.05, 0.1) is 11.7 Å². The van der Waals surface area contributed by atoms with Gasteiger partial charge in [-0.1, -0.05) is 23.8 Å². The van der Waals surface area contributed by atoms with E-state index < -0.39 is 0 Å². The summed E-state index contributed by atoms with van der Waals surface area (Å²) >= 11 is 7.03. The molecule has 1 aromatic heterocycles. The van der Waals surface area contributed by atoms with Crippen molar-refractivity contribution >= 4 is 31.9 Å². The van der Waals surface area contributed by atoms with Crippen molar-refractivity contribution in [2.45, 2.75) is 19.9 Å². The van der Waals surface area contributed by atoms with E-state index in [-0.39, 0.29) is 6.04 Å². The Kier molecular flexibility index (Phi) is 4.76. The first-order valence-corrected chi connectivity index (χ1v) is 7.67. The fourth-order valence-electron chi connectivity index (χ4n) is 2.23. The highest BCUT2D eigenvalue weighted by Crippen LogP contribution is 2.30. The van der Waals surface area contributed by atoms with E-state index >= 15 is 0 Å². The largest absolute Gasteiger partial charge is 0.308 e. The maximum Gasteiger partial charge on any atom is 0.0763 e. The number of pyridine rings is 1. The molecule has 4 heteroatoms. The molecule has 0 radical (unpaired) electrons. The summed E-state index contributed by atoms with van der Waals surface area (Å²) in [4.78, 5) is 4.53. The van der Waals surface area contributed by atoms with E-state index in [0.29, 0.717) is 0 Å². The molecule has 0 fully saturated rings. The SMILES string of the molecule is CNC(c1ccc(C)cc1C)c1ncc(Br)cc1Br. The molecule has 0 saturated heterocycles. The minimum absolute atomic E-state index is 0.0862. The Labute approximate surface area is 130 Å². The molecule has 100 valence electrons. The van der Waals surface area contributed by atoms with Crippen molar-refractivity contribution in [1.29, 1.82) is 0 Å². The summed E-state index contributed by atoms with van der Waals surface area (Å²) in [6.45, 7) is 4.25. The van der Waals surface area contributed by atoms with Crippen LogP contribution in [0.2, 0.25) is 0 Å². The maximum atomic E-state index is 4.53. The molecule has 19 heavy (non-hydrogen) atoms. The molecule has 0 aliphatic carbocycles. The summed E-state index contributed by atoms with van der Waals surface area (Å²) < 4.78 is 1.97. The molecule has 1 N–H and O–H groups in total. The average molecular weight is 384 g/mol. The van der Waals surface area contributed by atoms with Gasteiger partial charge in [0, 0.05) is 15.1 Å². The number of rotatable bonds is 3. The molecule has 2 aromatic rings. The standard InChI is InChI=1S/C15H16Br2N2/c1-9-4-5-12(10(2)6-9)14(18-3)15-13(17)7-11(16)8-19-15/h4-8,14,18H,1-3H3. The first kappa shape index (κ1) is 14.7. The quantitative estimate of drug-likeness (QED) is 0.841. The van der Waals surface area contributed by atoms with Crippen LogP contribution < -0.4 is 5.32 Å². The van der Waals surface area contributed by atoms with Crippen LogP contribution in [0, 0.1) is 13.8 Å². The molecular weight excluding hydrogens is 368 g/mol. The predicted octanol–water partition coefficient (Wildman–Crippen LogP) is 4.53. The molecule has 0 aliphatic rings. The van der Waals surface area contributed by atoms with Crippen molar-refractivity contribution in [1.82, 2.24) is 10.3 Å². The second-order valence-corrected chi connectivity index (χ2v) is 6.37. The van der Waals surface area contributed by atoms with Gasteiger partial charge in [0.15, 0.2) is 0 Å². The number of halogens is 2. The van der Waals surface area contributed by atoms with Gasteiger partial charge in [-0.15, -0.1) is 0 Å². The van der Waals surface area contributed by atoms with Gasteiger partial charge in [-0.25, -0.2) is 0 Å². The van der Waals surface area contributed by atoms with E-state index in [2.05, 4.69) is 74.2 Å². The van der Waals surface area contributed by atoms with E-state index in [1.54, 1.807) is 0 Å². The van der Waals surface area contributed by atoms with Crippen molar-refractivity contribution in [3.8, 4) is 0 Å². The lowest BCUT2D eigenvalue weighted by Gasteiger charge is -2.20. The van der Waals surface area contributed by atoms with Gasteiger partial charge in [0.1, 0.15) is 0 Å². The average Bonchev–Trinajstić information content (AvgIpc) is 2.34. The van der Waals surface area contributed by atoms with Crippen molar-refractivity contribution in [3.63, 3.8) is 0 Å². The van der Waals surface area contributed by atoms with Crippen LogP contribution in [0.25, 0.3) is 0 Å². The zero-order chi connectivity index (χ0) is 14.0. The third kappa shape index (κ3) is 3.25. The van der Waals surface area contributed by atoms with Gasteiger partial charge < -0.3 is 5.32 Å². The number of benzene rings is 1. The van der Waals surface area contributed by atoms with Crippen LogP contribution in [-0.2, 0) is 0 Å². The number of aryl methyl sites for hydroxylation is 2. The van der Waals surface area contributed by atoms with Crippen molar-refractivity contribution in [2.24, 2.45) is 0 Å². The Balaban J connectivity index is 2.50. The molecule has 0 saturated carbocycles.